The zero-order valence-electron chi connectivity index (χ0n) is 20.9. The van der Waals surface area contributed by atoms with Gasteiger partial charge in [0.2, 0.25) is 5.88 Å². The Morgan fingerprint density at radius 2 is 1.77 bits per heavy atom. The first-order chi connectivity index (χ1) is 18.0. The summed E-state index contributed by atoms with van der Waals surface area (Å²) < 4.78 is 5.72. The maximum Gasteiger partial charge on any atom is 0.341 e. The number of carbonyl (C=O) groups is 1. The molecule has 6 nitrogen and oxygen atoms in total. The van der Waals surface area contributed by atoms with Crippen LogP contribution in [0.25, 0.3) is 11.1 Å². The van der Waals surface area contributed by atoms with E-state index in [2.05, 4.69) is 28.5 Å². The number of pyridine rings is 1. The molecule has 1 aliphatic carbocycles. The molecule has 3 aromatic carbocycles. The van der Waals surface area contributed by atoms with Gasteiger partial charge >= 0.3 is 5.97 Å². The van der Waals surface area contributed by atoms with Gasteiger partial charge in [-0.3, -0.25) is 0 Å². The molecule has 0 spiro atoms. The predicted molar refractivity (Wildman–Crippen MR) is 158 cm³/mol. The number of aromatic carboxylic acids is 1. The molecular formula is C30H29Cl3N2O4. The fourth-order valence-corrected chi connectivity index (χ4v) is 4.88. The Morgan fingerprint density at radius 3 is 2.51 bits per heavy atom. The number of aliphatic hydroxyl groups is 1. The van der Waals surface area contributed by atoms with Crippen molar-refractivity contribution in [1.29, 1.82) is 0 Å². The molecule has 9 heteroatoms. The molecular weight excluding hydrogens is 559 g/mol. The lowest BCUT2D eigenvalue weighted by Crippen LogP contribution is -2.37. The van der Waals surface area contributed by atoms with Gasteiger partial charge < -0.3 is 20.3 Å². The summed E-state index contributed by atoms with van der Waals surface area (Å²) in [5.74, 6) is -0.499. The Balaban J connectivity index is 0.00000210. The standard InChI is InChI=1S/C30H27ClN2O4.2ClH/c31-24-4-1-3-22(16-24)28(34)18-33-25-11-8-20-6-7-21(15-23(20)17-25)19-9-12-26(13-10-19)37-29-27(30(35)36)5-2-14-32-29;;/h1-7,9-10,12-16,25,28,33-34H,8,11,17-18H2,(H,35,36);2*1H/t25-,28-;;/m0../s1. The van der Waals surface area contributed by atoms with E-state index in [1.54, 1.807) is 18.2 Å². The number of aromatic nitrogens is 1. The summed E-state index contributed by atoms with van der Waals surface area (Å²) in [4.78, 5) is 15.4. The van der Waals surface area contributed by atoms with E-state index in [9.17, 15) is 15.0 Å². The van der Waals surface area contributed by atoms with Crippen molar-refractivity contribution in [1.82, 2.24) is 10.3 Å². The number of carboxylic acids is 1. The van der Waals surface area contributed by atoms with Crippen molar-refractivity contribution in [2.75, 3.05) is 6.54 Å². The van der Waals surface area contributed by atoms with Crippen LogP contribution in [0.2, 0.25) is 5.02 Å². The number of hydrogen-bond acceptors (Lipinski definition) is 5. The molecule has 0 bridgehead atoms. The number of rotatable bonds is 8. The van der Waals surface area contributed by atoms with Crippen LogP contribution in [-0.2, 0) is 12.8 Å². The Hall–Kier alpha value is -3.13. The second kappa shape index (κ2) is 13.8. The minimum atomic E-state index is -1.08. The first-order valence-electron chi connectivity index (χ1n) is 12.2. The molecule has 2 atom stereocenters. The van der Waals surface area contributed by atoms with Gasteiger partial charge in [0.05, 0.1) is 6.10 Å². The molecule has 4 aromatic rings. The van der Waals surface area contributed by atoms with E-state index in [0.29, 0.717) is 17.3 Å². The summed E-state index contributed by atoms with van der Waals surface area (Å²) in [7, 11) is 0. The van der Waals surface area contributed by atoms with Crippen LogP contribution in [0, 0.1) is 0 Å². The van der Waals surface area contributed by atoms with E-state index >= 15 is 0 Å². The Labute approximate surface area is 244 Å². The van der Waals surface area contributed by atoms with Gasteiger partial charge in [-0.1, -0.05) is 54.1 Å². The molecule has 0 radical (unpaired) electrons. The lowest BCUT2D eigenvalue weighted by atomic mass is 9.86. The average Bonchev–Trinajstić information content (AvgIpc) is 2.92. The number of nitrogens with zero attached hydrogens (tertiary/aromatic N) is 1. The van der Waals surface area contributed by atoms with E-state index in [-0.39, 0.29) is 42.3 Å². The molecule has 204 valence electrons. The third-order valence-corrected chi connectivity index (χ3v) is 6.91. The first kappa shape index (κ1) is 30.4. The van der Waals surface area contributed by atoms with Crippen LogP contribution >= 0.6 is 36.4 Å². The van der Waals surface area contributed by atoms with Crippen LogP contribution in [0.3, 0.4) is 0 Å². The molecule has 1 aliphatic rings. The minimum Gasteiger partial charge on any atom is -0.477 e. The molecule has 1 aromatic heterocycles. The highest BCUT2D eigenvalue weighted by Gasteiger charge is 2.20. The average molecular weight is 588 g/mol. The Bertz CT molecular complexity index is 1420. The number of fused-ring (bicyclic) bond motifs is 1. The maximum atomic E-state index is 11.4. The highest BCUT2D eigenvalue weighted by molar-refractivity contribution is 6.30. The lowest BCUT2D eigenvalue weighted by Gasteiger charge is -2.27. The van der Waals surface area contributed by atoms with E-state index in [1.165, 1.54) is 23.4 Å². The van der Waals surface area contributed by atoms with Crippen molar-refractivity contribution in [2.24, 2.45) is 0 Å². The summed E-state index contributed by atoms with van der Waals surface area (Å²) in [5, 5.41) is 24.0. The van der Waals surface area contributed by atoms with Gasteiger partial charge in [-0.15, -0.1) is 24.8 Å². The number of hydrogen-bond donors (Lipinski definition) is 3. The summed E-state index contributed by atoms with van der Waals surface area (Å²) in [6.45, 7) is 0.474. The quantitative estimate of drug-likeness (QED) is 0.207. The highest BCUT2D eigenvalue weighted by atomic mass is 35.5. The summed E-state index contributed by atoms with van der Waals surface area (Å²) in [6.07, 6.45) is 3.80. The topological polar surface area (TPSA) is 91.7 Å². The van der Waals surface area contributed by atoms with Crippen LogP contribution in [0.15, 0.2) is 85.1 Å². The van der Waals surface area contributed by atoms with Gasteiger partial charge in [-0.2, -0.15) is 0 Å². The molecule has 0 amide bonds. The van der Waals surface area contributed by atoms with Crippen molar-refractivity contribution >= 4 is 42.4 Å². The molecule has 0 fully saturated rings. The Morgan fingerprint density at radius 1 is 1.00 bits per heavy atom. The van der Waals surface area contributed by atoms with Crippen LogP contribution in [0.4, 0.5) is 0 Å². The number of ether oxygens (including phenoxy) is 1. The second-order valence-electron chi connectivity index (χ2n) is 9.19. The van der Waals surface area contributed by atoms with Crippen LogP contribution in [0.5, 0.6) is 11.6 Å². The normalized spacial score (nSPS) is 14.8. The number of benzene rings is 3. The van der Waals surface area contributed by atoms with Gasteiger partial charge in [0.15, 0.2) is 0 Å². The molecule has 0 aliphatic heterocycles. The monoisotopic (exact) mass is 586 g/mol. The van der Waals surface area contributed by atoms with Gasteiger partial charge in [-0.25, -0.2) is 9.78 Å². The summed E-state index contributed by atoms with van der Waals surface area (Å²) >= 11 is 6.06. The minimum absolute atomic E-state index is 0. The number of carboxylic acid groups (broad SMARTS) is 1. The number of halogens is 3. The van der Waals surface area contributed by atoms with Gasteiger partial charge in [0.25, 0.3) is 0 Å². The third-order valence-electron chi connectivity index (χ3n) is 6.67. The molecule has 39 heavy (non-hydrogen) atoms. The van der Waals surface area contributed by atoms with Crippen LogP contribution < -0.4 is 10.1 Å². The zero-order chi connectivity index (χ0) is 25.8. The van der Waals surface area contributed by atoms with Crippen molar-refractivity contribution in [3.05, 3.63) is 112 Å². The van der Waals surface area contributed by atoms with Crippen molar-refractivity contribution in [3.63, 3.8) is 0 Å². The molecule has 0 saturated carbocycles. The van der Waals surface area contributed by atoms with Gasteiger partial charge in [-0.05, 0) is 83.5 Å². The smallest absolute Gasteiger partial charge is 0.341 e. The lowest BCUT2D eigenvalue weighted by molar-refractivity contribution is 0.0693. The third kappa shape index (κ3) is 7.50. The molecule has 5 rings (SSSR count). The molecule has 1 heterocycles. The van der Waals surface area contributed by atoms with Crippen molar-refractivity contribution in [3.8, 4) is 22.8 Å². The van der Waals surface area contributed by atoms with E-state index in [0.717, 1.165) is 36.0 Å². The van der Waals surface area contributed by atoms with Gasteiger partial charge in [0.1, 0.15) is 11.3 Å². The van der Waals surface area contributed by atoms with E-state index in [4.69, 9.17) is 16.3 Å². The molecule has 0 unspecified atom stereocenters. The fourth-order valence-electron chi connectivity index (χ4n) is 4.68. The van der Waals surface area contributed by atoms with E-state index < -0.39 is 12.1 Å². The highest BCUT2D eigenvalue weighted by Crippen LogP contribution is 2.30. The number of aryl methyl sites for hydroxylation is 1. The van der Waals surface area contributed by atoms with Crippen molar-refractivity contribution < 1.29 is 19.7 Å². The maximum absolute atomic E-state index is 11.4. The molecule has 3 N–H and O–H groups in total. The Kier molecular flexibility index (Phi) is 10.7. The number of aliphatic hydroxyl groups excluding tert-OH is 1. The summed E-state index contributed by atoms with van der Waals surface area (Å²) in [5.41, 5.74) is 5.64. The largest absolute Gasteiger partial charge is 0.477 e. The SMILES string of the molecule is Cl.Cl.O=C(O)c1cccnc1Oc1ccc(-c2ccc3c(c2)C[C@@H](NC[C@H](O)c2cccc(Cl)c2)CC3)cc1. The number of nitrogens with one attached hydrogen (secondary N) is 1. The van der Waals surface area contributed by atoms with Gasteiger partial charge in [0, 0.05) is 23.8 Å². The van der Waals surface area contributed by atoms with Crippen LogP contribution in [-0.4, -0.2) is 33.8 Å². The predicted octanol–water partition coefficient (Wildman–Crippen LogP) is 6.92. The zero-order valence-corrected chi connectivity index (χ0v) is 23.3. The summed E-state index contributed by atoms with van der Waals surface area (Å²) in [6, 6.07) is 24.8. The van der Waals surface area contributed by atoms with E-state index in [1.807, 2.05) is 36.4 Å². The molecule has 0 saturated heterocycles. The second-order valence-corrected chi connectivity index (χ2v) is 9.63. The first-order valence-corrected chi connectivity index (χ1v) is 12.6. The fraction of sp³-hybridized carbons (Fsp3) is 0.200. The van der Waals surface area contributed by atoms with Crippen molar-refractivity contribution in [2.45, 2.75) is 31.4 Å². The van der Waals surface area contributed by atoms with Crippen LogP contribution in [0.1, 0.15) is 39.6 Å².